The number of ether oxygens (including phenoxy) is 1. The van der Waals surface area contributed by atoms with E-state index in [1.54, 1.807) is 30.3 Å². The molecule has 1 heterocycles. The predicted octanol–water partition coefficient (Wildman–Crippen LogP) is 2.65. The number of para-hydroxylation sites is 1. The van der Waals surface area contributed by atoms with Crippen LogP contribution in [0.4, 0.5) is 4.39 Å². The van der Waals surface area contributed by atoms with Crippen LogP contribution in [-0.2, 0) is 6.42 Å². The summed E-state index contributed by atoms with van der Waals surface area (Å²) in [6, 6.07) is 11.2. The number of nitrogens with one attached hydrogen (secondary N) is 2. The number of amides is 1. The molecule has 0 aliphatic heterocycles. The highest BCUT2D eigenvalue weighted by atomic mass is 19.1. The first kappa shape index (κ1) is 16.7. The Kier molecular flexibility index (Phi) is 4.79. The molecule has 6 heteroatoms. The van der Waals surface area contributed by atoms with Crippen LogP contribution in [-0.4, -0.2) is 24.5 Å². The van der Waals surface area contributed by atoms with Gasteiger partial charge >= 0.3 is 0 Å². The van der Waals surface area contributed by atoms with Gasteiger partial charge in [-0.05, 0) is 36.2 Å². The molecule has 1 aromatic heterocycles. The monoisotopic (exact) mass is 340 g/mol. The predicted molar refractivity (Wildman–Crippen MR) is 93.6 cm³/mol. The number of methoxy groups -OCH3 is 1. The number of carbonyl (C=O) groups excluding carboxylic acids is 1. The van der Waals surface area contributed by atoms with Gasteiger partial charge in [0.05, 0.1) is 18.0 Å². The smallest absolute Gasteiger partial charge is 0.256 e. The lowest BCUT2D eigenvalue weighted by Crippen LogP contribution is -2.30. The standard InChI is InChI=1S/C19H17FN2O3/c1-25-16-4-2-3-14-17(16)22-11-15(18(14)23)19(24)21-10-9-12-5-7-13(20)8-6-12/h2-8,11H,9-10H2,1H3,(H,21,24)(H,22,23). The van der Waals surface area contributed by atoms with Gasteiger partial charge in [0, 0.05) is 12.7 Å². The number of aromatic amines is 1. The Morgan fingerprint density at radius 3 is 2.68 bits per heavy atom. The van der Waals surface area contributed by atoms with Crippen LogP contribution in [0.3, 0.4) is 0 Å². The Bertz CT molecular complexity index is 965. The number of rotatable bonds is 5. The van der Waals surface area contributed by atoms with Crippen molar-refractivity contribution in [2.45, 2.75) is 6.42 Å². The van der Waals surface area contributed by atoms with E-state index in [2.05, 4.69) is 10.3 Å². The van der Waals surface area contributed by atoms with Crippen molar-refractivity contribution < 1.29 is 13.9 Å². The molecule has 0 fully saturated rings. The maximum absolute atomic E-state index is 12.9. The summed E-state index contributed by atoms with van der Waals surface area (Å²) in [4.78, 5) is 27.8. The number of fused-ring (bicyclic) bond motifs is 1. The quantitative estimate of drug-likeness (QED) is 0.750. The second kappa shape index (κ2) is 7.17. The molecule has 0 saturated carbocycles. The number of carbonyl (C=O) groups is 1. The Hall–Kier alpha value is -3.15. The van der Waals surface area contributed by atoms with Crippen LogP contribution in [0.1, 0.15) is 15.9 Å². The van der Waals surface area contributed by atoms with Gasteiger partial charge in [0.25, 0.3) is 5.91 Å². The van der Waals surface area contributed by atoms with Crippen LogP contribution in [0.2, 0.25) is 0 Å². The highest BCUT2D eigenvalue weighted by Crippen LogP contribution is 2.20. The SMILES string of the molecule is COc1cccc2c(=O)c(C(=O)NCCc3ccc(F)cc3)c[nH]c12. The topological polar surface area (TPSA) is 71.2 Å². The van der Waals surface area contributed by atoms with Crippen LogP contribution < -0.4 is 15.5 Å². The number of hydrogen-bond donors (Lipinski definition) is 2. The number of pyridine rings is 1. The van der Waals surface area contributed by atoms with E-state index in [4.69, 9.17) is 4.74 Å². The minimum Gasteiger partial charge on any atom is -0.495 e. The fourth-order valence-electron chi connectivity index (χ4n) is 2.63. The van der Waals surface area contributed by atoms with Crippen molar-refractivity contribution in [2.24, 2.45) is 0 Å². The van der Waals surface area contributed by atoms with Crippen molar-refractivity contribution in [2.75, 3.05) is 13.7 Å². The first-order valence-corrected chi connectivity index (χ1v) is 7.81. The fraction of sp³-hybridized carbons (Fsp3) is 0.158. The number of halogens is 1. The van der Waals surface area contributed by atoms with Crippen LogP contribution in [0.25, 0.3) is 10.9 Å². The molecule has 0 aliphatic rings. The summed E-state index contributed by atoms with van der Waals surface area (Å²) in [6.45, 7) is 0.347. The normalized spacial score (nSPS) is 10.6. The van der Waals surface area contributed by atoms with E-state index >= 15 is 0 Å². The molecular formula is C19H17FN2O3. The van der Waals surface area contributed by atoms with E-state index in [9.17, 15) is 14.0 Å². The summed E-state index contributed by atoms with van der Waals surface area (Å²) < 4.78 is 18.1. The second-order valence-electron chi connectivity index (χ2n) is 5.55. The third-order valence-electron chi connectivity index (χ3n) is 3.95. The molecule has 3 rings (SSSR count). The minimum atomic E-state index is -0.451. The molecular weight excluding hydrogens is 323 g/mol. The molecule has 2 N–H and O–H groups in total. The van der Waals surface area contributed by atoms with E-state index in [1.807, 2.05) is 0 Å². The van der Waals surface area contributed by atoms with Crippen LogP contribution >= 0.6 is 0 Å². The number of aromatic nitrogens is 1. The zero-order chi connectivity index (χ0) is 17.8. The summed E-state index contributed by atoms with van der Waals surface area (Å²) in [5.74, 6) is -0.211. The molecule has 0 radical (unpaired) electrons. The molecule has 0 aliphatic carbocycles. The molecule has 0 bridgehead atoms. The Labute approximate surface area is 143 Å². The Balaban J connectivity index is 1.75. The van der Waals surface area contributed by atoms with Gasteiger partial charge in [-0.15, -0.1) is 0 Å². The zero-order valence-corrected chi connectivity index (χ0v) is 13.6. The van der Waals surface area contributed by atoms with Crippen molar-refractivity contribution in [3.05, 3.63) is 75.8 Å². The lowest BCUT2D eigenvalue weighted by atomic mass is 10.1. The van der Waals surface area contributed by atoms with Crippen LogP contribution in [0, 0.1) is 5.82 Å². The molecule has 0 atom stereocenters. The van der Waals surface area contributed by atoms with Gasteiger partial charge < -0.3 is 15.0 Å². The molecule has 3 aromatic rings. The summed E-state index contributed by atoms with van der Waals surface area (Å²) >= 11 is 0. The van der Waals surface area contributed by atoms with Crippen molar-refractivity contribution in [1.82, 2.24) is 10.3 Å². The van der Waals surface area contributed by atoms with E-state index in [0.717, 1.165) is 5.56 Å². The Morgan fingerprint density at radius 2 is 1.96 bits per heavy atom. The van der Waals surface area contributed by atoms with Gasteiger partial charge in [-0.25, -0.2) is 4.39 Å². The Morgan fingerprint density at radius 1 is 1.20 bits per heavy atom. The third-order valence-corrected chi connectivity index (χ3v) is 3.95. The molecule has 0 unspecified atom stereocenters. The lowest BCUT2D eigenvalue weighted by molar-refractivity contribution is 0.0953. The van der Waals surface area contributed by atoms with Gasteiger partial charge in [-0.1, -0.05) is 18.2 Å². The number of H-pyrrole nitrogens is 1. The van der Waals surface area contributed by atoms with Gasteiger partial charge in [0.15, 0.2) is 0 Å². The molecule has 1 amide bonds. The first-order valence-electron chi connectivity index (χ1n) is 7.81. The summed E-state index contributed by atoms with van der Waals surface area (Å²) in [5, 5.41) is 3.11. The van der Waals surface area contributed by atoms with Crippen molar-refractivity contribution in [1.29, 1.82) is 0 Å². The van der Waals surface area contributed by atoms with Crippen molar-refractivity contribution in [3.8, 4) is 5.75 Å². The molecule has 2 aromatic carbocycles. The number of hydrogen-bond acceptors (Lipinski definition) is 3. The maximum Gasteiger partial charge on any atom is 0.256 e. The van der Waals surface area contributed by atoms with E-state index < -0.39 is 5.91 Å². The number of benzene rings is 2. The first-order chi connectivity index (χ1) is 12.1. The molecule has 25 heavy (non-hydrogen) atoms. The van der Waals surface area contributed by atoms with Crippen molar-refractivity contribution in [3.63, 3.8) is 0 Å². The summed E-state index contributed by atoms with van der Waals surface area (Å²) in [7, 11) is 1.52. The van der Waals surface area contributed by atoms with Crippen LogP contribution in [0.5, 0.6) is 5.75 Å². The molecule has 128 valence electrons. The molecule has 0 spiro atoms. The minimum absolute atomic E-state index is 0.0415. The second-order valence-corrected chi connectivity index (χ2v) is 5.55. The van der Waals surface area contributed by atoms with E-state index in [1.165, 1.54) is 25.4 Å². The lowest BCUT2D eigenvalue weighted by Gasteiger charge is -2.08. The average Bonchev–Trinajstić information content (AvgIpc) is 2.63. The fourth-order valence-corrected chi connectivity index (χ4v) is 2.63. The summed E-state index contributed by atoms with van der Waals surface area (Å²) in [6.07, 6.45) is 1.94. The highest BCUT2D eigenvalue weighted by molar-refractivity contribution is 5.97. The average molecular weight is 340 g/mol. The molecule has 5 nitrogen and oxygen atoms in total. The maximum atomic E-state index is 12.9. The largest absolute Gasteiger partial charge is 0.495 e. The van der Waals surface area contributed by atoms with Gasteiger partial charge in [0.1, 0.15) is 17.1 Å². The molecule has 0 saturated heterocycles. The van der Waals surface area contributed by atoms with Crippen molar-refractivity contribution >= 4 is 16.8 Å². The van der Waals surface area contributed by atoms with Crippen LogP contribution in [0.15, 0.2) is 53.5 Å². The van der Waals surface area contributed by atoms with E-state index in [0.29, 0.717) is 29.6 Å². The highest BCUT2D eigenvalue weighted by Gasteiger charge is 2.14. The van der Waals surface area contributed by atoms with Gasteiger partial charge in [0.2, 0.25) is 5.43 Å². The van der Waals surface area contributed by atoms with Gasteiger partial charge in [-0.2, -0.15) is 0 Å². The summed E-state index contributed by atoms with van der Waals surface area (Å²) in [5.41, 5.74) is 1.14. The third kappa shape index (κ3) is 3.52. The van der Waals surface area contributed by atoms with Gasteiger partial charge in [-0.3, -0.25) is 9.59 Å². The van der Waals surface area contributed by atoms with E-state index in [-0.39, 0.29) is 16.8 Å². The zero-order valence-electron chi connectivity index (χ0n) is 13.6.